The van der Waals surface area contributed by atoms with E-state index in [0.717, 1.165) is 34.1 Å². The van der Waals surface area contributed by atoms with E-state index >= 15 is 0 Å². The minimum atomic E-state index is -2.24. The maximum Gasteiger partial charge on any atom is 0.258 e. The molecule has 1 saturated carbocycles. The highest BCUT2D eigenvalue weighted by molar-refractivity contribution is 6.58. The Labute approximate surface area is 299 Å². The third kappa shape index (κ3) is 4.66. The van der Waals surface area contributed by atoms with E-state index in [1.807, 2.05) is 0 Å². The van der Waals surface area contributed by atoms with E-state index in [1.165, 1.54) is 42.5 Å². The van der Waals surface area contributed by atoms with E-state index in [-0.39, 0.29) is 35.6 Å². The van der Waals surface area contributed by atoms with Gasteiger partial charge in [-0.3, -0.25) is 28.9 Å². The molecule has 4 aromatic carbocycles. The molecule has 2 saturated heterocycles. The molecule has 4 amide bonds. The molecule has 0 radical (unpaired) electrons. The zero-order chi connectivity index (χ0) is 36.0. The Bertz CT molecular complexity index is 2210. The average molecular weight is 728 g/mol. The van der Waals surface area contributed by atoms with Gasteiger partial charge in [0.2, 0.25) is 11.8 Å². The Balaban J connectivity index is 1.20. The number of rotatable bonds is 5. The Morgan fingerprint density at radius 3 is 2.04 bits per heavy atom. The lowest BCUT2D eigenvalue weighted by Crippen LogP contribution is -2.60. The van der Waals surface area contributed by atoms with Crippen molar-refractivity contribution in [3.63, 3.8) is 0 Å². The molecular formula is C39H26Cl2F2N2O6. The molecule has 0 aromatic heterocycles. The van der Waals surface area contributed by atoms with Crippen LogP contribution in [0.2, 0.25) is 0 Å². The van der Waals surface area contributed by atoms with Gasteiger partial charge in [0, 0.05) is 17.0 Å². The van der Waals surface area contributed by atoms with Crippen LogP contribution in [0.25, 0.3) is 0 Å². The number of alkyl halides is 2. The molecule has 4 aromatic rings. The molecule has 8 rings (SSSR count). The molecule has 8 nitrogen and oxygen atoms in total. The lowest BCUT2D eigenvalue weighted by Gasteiger charge is -2.50. The van der Waals surface area contributed by atoms with Crippen molar-refractivity contribution in [2.75, 3.05) is 9.80 Å². The van der Waals surface area contributed by atoms with Crippen molar-refractivity contribution < 1.29 is 37.9 Å². The number of halogens is 4. The molecule has 0 spiro atoms. The standard InChI is InChI=1S/C39H26Cl2F2N2O6/c40-38-19-28-26(15-16-27-31(28)35(49)44(34(27)48)24-11-6-21(7-12-24)33(47)20-4-2-1-3-5-20)32(22-8-17-30(46)29(43)18-22)39(38,41)37(51)45(36(38)50)25-13-9-23(42)10-14-25/h1-15,17-18,27-28,31-32,46H,16,19H2. The van der Waals surface area contributed by atoms with Crippen LogP contribution in [0.5, 0.6) is 5.75 Å². The van der Waals surface area contributed by atoms with Gasteiger partial charge in [-0.2, -0.15) is 0 Å². The van der Waals surface area contributed by atoms with Crippen molar-refractivity contribution in [3.8, 4) is 5.75 Å². The SMILES string of the molecule is O=C(c1ccccc1)c1ccc(N2C(=O)C3CC=C4C(CC5(Cl)C(=O)N(c6ccc(F)cc6)C(=O)C5(Cl)C4c4ccc(O)c(F)c4)C3C2=O)cc1. The van der Waals surface area contributed by atoms with E-state index in [2.05, 4.69) is 0 Å². The van der Waals surface area contributed by atoms with Gasteiger partial charge in [-0.25, -0.2) is 13.7 Å². The number of aromatic hydroxyl groups is 1. The maximum absolute atomic E-state index is 14.9. The second-order valence-corrected chi connectivity index (χ2v) is 14.5. The topological polar surface area (TPSA) is 112 Å². The lowest BCUT2D eigenvalue weighted by molar-refractivity contribution is -0.125. The molecule has 6 atom stereocenters. The van der Waals surface area contributed by atoms with E-state index in [9.17, 15) is 37.9 Å². The van der Waals surface area contributed by atoms with E-state index in [0.29, 0.717) is 16.7 Å². The monoisotopic (exact) mass is 726 g/mol. The molecule has 2 aliphatic carbocycles. The number of carbonyl (C=O) groups excluding carboxylic acids is 5. The Hall–Kier alpha value is -5.19. The predicted octanol–water partition coefficient (Wildman–Crippen LogP) is 6.67. The van der Waals surface area contributed by atoms with Crippen molar-refractivity contribution in [3.05, 3.63) is 137 Å². The molecule has 6 unspecified atom stereocenters. The van der Waals surface area contributed by atoms with Gasteiger partial charge in [-0.05, 0) is 85.0 Å². The number of allylic oxidation sites excluding steroid dienone is 2. The van der Waals surface area contributed by atoms with E-state index < -0.39 is 74.4 Å². The zero-order valence-corrected chi connectivity index (χ0v) is 27.9. The van der Waals surface area contributed by atoms with Crippen LogP contribution in [-0.2, 0) is 19.2 Å². The molecule has 12 heteroatoms. The number of ketones is 1. The summed E-state index contributed by atoms with van der Waals surface area (Å²) in [5.74, 6) is -9.41. The van der Waals surface area contributed by atoms with Crippen molar-refractivity contribution in [2.45, 2.75) is 28.5 Å². The summed E-state index contributed by atoms with van der Waals surface area (Å²) >= 11 is 14.6. The van der Waals surface area contributed by atoms with Crippen LogP contribution in [0.15, 0.2) is 109 Å². The minimum Gasteiger partial charge on any atom is -0.505 e. The van der Waals surface area contributed by atoms with Crippen molar-refractivity contribution in [1.82, 2.24) is 0 Å². The largest absolute Gasteiger partial charge is 0.505 e. The van der Waals surface area contributed by atoms with Gasteiger partial charge in [0.25, 0.3) is 11.8 Å². The summed E-state index contributed by atoms with van der Waals surface area (Å²) in [7, 11) is 0. The van der Waals surface area contributed by atoms with Gasteiger partial charge in [0.1, 0.15) is 5.82 Å². The molecular weight excluding hydrogens is 701 g/mol. The quantitative estimate of drug-likeness (QED) is 0.106. The first-order valence-electron chi connectivity index (χ1n) is 16.1. The Morgan fingerprint density at radius 2 is 1.37 bits per heavy atom. The number of hydrogen-bond donors (Lipinski definition) is 1. The molecule has 256 valence electrons. The highest BCUT2D eigenvalue weighted by atomic mass is 35.5. The number of phenolic OH excluding ortho intramolecular Hbond substituents is 1. The number of fused-ring (bicyclic) bond motifs is 4. The second-order valence-electron chi connectivity index (χ2n) is 13.2. The highest BCUT2D eigenvalue weighted by Gasteiger charge is 2.76. The van der Waals surface area contributed by atoms with Crippen LogP contribution < -0.4 is 9.80 Å². The van der Waals surface area contributed by atoms with Crippen LogP contribution in [0.3, 0.4) is 0 Å². The number of amides is 4. The summed E-state index contributed by atoms with van der Waals surface area (Å²) < 4.78 is 28.8. The fourth-order valence-electron chi connectivity index (χ4n) is 8.25. The van der Waals surface area contributed by atoms with E-state index in [1.54, 1.807) is 36.4 Å². The van der Waals surface area contributed by atoms with Gasteiger partial charge in [0.15, 0.2) is 27.1 Å². The van der Waals surface area contributed by atoms with Crippen LogP contribution >= 0.6 is 23.2 Å². The zero-order valence-electron chi connectivity index (χ0n) is 26.4. The predicted molar refractivity (Wildman–Crippen MR) is 183 cm³/mol. The van der Waals surface area contributed by atoms with Crippen molar-refractivity contribution >= 4 is 64.0 Å². The van der Waals surface area contributed by atoms with Gasteiger partial charge in [0.05, 0.1) is 23.2 Å². The highest BCUT2D eigenvalue weighted by Crippen LogP contribution is 2.66. The van der Waals surface area contributed by atoms with Crippen LogP contribution in [0.1, 0.15) is 40.2 Å². The first kappa shape index (κ1) is 33.0. The summed E-state index contributed by atoms with van der Waals surface area (Å²) in [5, 5.41) is 10.00. The van der Waals surface area contributed by atoms with E-state index in [4.69, 9.17) is 23.2 Å². The van der Waals surface area contributed by atoms with Crippen molar-refractivity contribution in [1.29, 1.82) is 0 Å². The molecule has 2 heterocycles. The molecule has 3 fully saturated rings. The van der Waals surface area contributed by atoms with Crippen LogP contribution in [0, 0.1) is 29.4 Å². The van der Waals surface area contributed by atoms with Gasteiger partial charge < -0.3 is 5.11 Å². The van der Waals surface area contributed by atoms with Gasteiger partial charge >= 0.3 is 0 Å². The van der Waals surface area contributed by atoms with Crippen LogP contribution in [-0.4, -0.2) is 44.3 Å². The summed E-state index contributed by atoms with van der Waals surface area (Å²) in [4.78, 5) is 67.4. The molecule has 0 bridgehead atoms. The third-order valence-electron chi connectivity index (χ3n) is 10.6. The summed E-state index contributed by atoms with van der Waals surface area (Å²) in [5.41, 5.74) is 1.65. The lowest BCUT2D eigenvalue weighted by atomic mass is 9.56. The number of nitrogens with zero attached hydrogens (tertiary/aromatic N) is 2. The number of carbonyl (C=O) groups is 5. The second kappa shape index (κ2) is 11.7. The van der Waals surface area contributed by atoms with Gasteiger partial charge in [-0.1, -0.05) is 48.0 Å². The number of hydrogen-bond acceptors (Lipinski definition) is 6. The first-order chi connectivity index (χ1) is 24.4. The number of benzene rings is 4. The van der Waals surface area contributed by atoms with Gasteiger partial charge in [-0.15, -0.1) is 23.2 Å². The third-order valence-corrected chi connectivity index (χ3v) is 12.0. The number of imide groups is 2. The fraction of sp³-hybridized carbons (Fsp3) is 0.205. The molecule has 51 heavy (non-hydrogen) atoms. The fourth-order valence-corrected chi connectivity index (χ4v) is 9.18. The smallest absolute Gasteiger partial charge is 0.258 e. The molecule has 4 aliphatic rings. The first-order valence-corrected chi connectivity index (χ1v) is 16.9. The normalized spacial score (nSPS) is 28.4. The maximum atomic E-state index is 14.9. The average Bonchev–Trinajstić information content (AvgIpc) is 3.47. The summed E-state index contributed by atoms with van der Waals surface area (Å²) in [6.45, 7) is 0. The van der Waals surface area contributed by atoms with Crippen molar-refractivity contribution in [2.24, 2.45) is 17.8 Å². The number of anilines is 2. The Kier molecular flexibility index (Phi) is 7.55. The Morgan fingerprint density at radius 1 is 0.745 bits per heavy atom. The number of phenols is 1. The minimum absolute atomic E-state index is 0.0128. The summed E-state index contributed by atoms with van der Waals surface area (Å²) in [6, 6.07) is 22.8. The van der Waals surface area contributed by atoms with Crippen LogP contribution in [0.4, 0.5) is 20.2 Å². The molecule has 1 N–H and O–H groups in total. The summed E-state index contributed by atoms with van der Waals surface area (Å²) in [6.07, 6.45) is 1.46. The molecule has 2 aliphatic heterocycles.